The van der Waals surface area contributed by atoms with Gasteiger partial charge < -0.3 is 16.2 Å². The summed E-state index contributed by atoms with van der Waals surface area (Å²) in [5.74, 6) is -0.0573. The van der Waals surface area contributed by atoms with Crippen molar-refractivity contribution in [1.82, 2.24) is 9.97 Å². The van der Waals surface area contributed by atoms with Gasteiger partial charge in [0, 0.05) is 0 Å². The number of nitrogens with two attached hydrogens (primary N) is 2. The van der Waals surface area contributed by atoms with Gasteiger partial charge in [-0.2, -0.15) is 4.98 Å². The van der Waals surface area contributed by atoms with Crippen LogP contribution in [0.25, 0.3) is 10.2 Å². The maximum Gasteiger partial charge on any atom is 0.348 e. The zero-order valence-electron chi connectivity index (χ0n) is 7.85. The number of carbonyl (C=O) groups excluding carboxylic acids is 1. The number of aromatic nitrogens is 2. The van der Waals surface area contributed by atoms with Crippen molar-refractivity contribution in [2.75, 3.05) is 18.6 Å². The third-order valence-electron chi connectivity index (χ3n) is 1.83. The predicted molar refractivity (Wildman–Crippen MR) is 57.6 cm³/mol. The summed E-state index contributed by atoms with van der Waals surface area (Å²) in [6, 6.07) is 1.60. The molecule has 0 saturated carbocycles. The Labute approximate surface area is 88.9 Å². The molecule has 15 heavy (non-hydrogen) atoms. The smallest absolute Gasteiger partial charge is 0.348 e. The van der Waals surface area contributed by atoms with E-state index in [1.807, 2.05) is 0 Å². The van der Waals surface area contributed by atoms with Crippen LogP contribution in [0.3, 0.4) is 0 Å². The van der Waals surface area contributed by atoms with Gasteiger partial charge in [0.05, 0.1) is 12.5 Å². The largest absolute Gasteiger partial charge is 0.465 e. The average Bonchev–Trinajstić information content (AvgIpc) is 2.60. The Balaban J connectivity index is 2.65. The molecular formula is C8H8N4O2S. The fourth-order valence-electron chi connectivity index (χ4n) is 1.16. The highest BCUT2D eigenvalue weighted by Gasteiger charge is 2.13. The van der Waals surface area contributed by atoms with Gasteiger partial charge in [-0.25, -0.2) is 9.78 Å². The van der Waals surface area contributed by atoms with Crippen molar-refractivity contribution < 1.29 is 9.53 Å². The zero-order valence-corrected chi connectivity index (χ0v) is 8.67. The SMILES string of the molecule is COC(=O)c1cc2c(N)nc(N)nc2s1. The van der Waals surface area contributed by atoms with Gasteiger partial charge in [0.25, 0.3) is 0 Å². The van der Waals surface area contributed by atoms with Crippen molar-refractivity contribution in [3.8, 4) is 0 Å². The summed E-state index contributed by atoms with van der Waals surface area (Å²) in [7, 11) is 1.32. The molecule has 0 aliphatic rings. The first-order valence-corrected chi connectivity index (χ1v) is 4.84. The summed E-state index contributed by atoms with van der Waals surface area (Å²) in [6.45, 7) is 0. The Hall–Kier alpha value is -1.89. The highest BCUT2D eigenvalue weighted by Crippen LogP contribution is 2.28. The summed E-state index contributed by atoms with van der Waals surface area (Å²) >= 11 is 1.17. The topological polar surface area (TPSA) is 104 Å². The molecule has 0 aliphatic carbocycles. The highest BCUT2D eigenvalue weighted by molar-refractivity contribution is 7.20. The minimum atomic E-state index is -0.420. The van der Waals surface area contributed by atoms with Crippen molar-refractivity contribution in [3.63, 3.8) is 0 Å². The quantitative estimate of drug-likeness (QED) is 0.689. The Morgan fingerprint density at radius 3 is 2.87 bits per heavy atom. The van der Waals surface area contributed by atoms with Gasteiger partial charge >= 0.3 is 5.97 Å². The van der Waals surface area contributed by atoms with Crippen molar-refractivity contribution in [3.05, 3.63) is 10.9 Å². The number of esters is 1. The van der Waals surface area contributed by atoms with Gasteiger partial charge in [-0.15, -0.1) is 11.3 Å². The monoisotopic (exact) mass is 224 g/mol. The second-order valence-corrected chi connectivity index (χ2v) is 3.82. The summed E-state index contributed by atoms with van der Waals surface area (Å²) in [4.78, 5) is 20.0. The molecule has 0 aliphatic heterocycles. The second-order valence-electron chi connectivity index (χ2n) is 2.79. The Morgan fingerprint density at radius 1 is 1.47 bits per heavy atom. The normalized spacial score (nSPS) is 10.5. The standard InChI is InChI=1S/C8H8N4O2S/c1-14-7(13)4-2-3-5(9)11-8(10)12-6(3)15-4/h2H,1H3,(H4,9,10,11,12). The summed E-state index contributed by atoms with van der Waals surface area (Å²) in [5, 5.41) is 0.620. The molecule has 0 radical (unpaired) electrons. The molecule has 0 amide bonds. The Bertz CT molecular complexity index is 537. The summed E-state index contributed by atoms with van der Waals surface area (Å²) < 4.78 is 4.59. The molecule has 2 aromatic heterocycles. The number of carbonyl (C=O) groups is 1. The van der Waals surface area contributed by atoms with Crippen LogP contribution in [0.4, 0.5) is 11.8 Å². The fourth-order valence-corrected chi connectivity index (χ4v) is 2.13. The lowest BCUT2D eigenvalue weighted by Gasteiger charge is -1.95. The number of methoxy groups -OCH3 is 1. The van der Waals surface area contributed by atoms with Crippen LogP contribution in [0.15, 0.2) is 6.07 Å². The third kappa shape index (κ3) is 1.57. The van der Waals surface area contributed by atoms with E-state index < -0.39 is 5.97 Å². The first-order chi connectivity index (χ1) is 7.11. The van der Waals surface area contributed by atoms with E-state index >= 15 is 0 Å². The van der Waals surface area contributed by atoms with Crippen molar-refractivity contribution in [1.29, 1.82) is 0 Å². The first-order valence-electron chi connectivity index (χ1n) is 4.02. The average molecular weight is 224 g/mol. The van der Waals surface area contributed by atoms with Crippen LogP contribution >= 0.6 is 11.3 Å². The van der Waals surface area contributed by atoms with E-state index in [0.717, 1.165) is 0 Å². The van der Waals surface area contributed by atoms with E-state index in [0.29, 0.717) is 15.1 Å². The maximum atomic E-state index is 11.2. The zero-order chi connectivity index (χ0) is 11.0. The van der Waals surface area contributed by atoms with Crippen LogP contribution in [0.1, 0.15) is 9.67 Å². The van der Waals surface area contributed by atoms with E-state index in [-0.39, 0.29) is 11.8 Å². The van der Waals surface area contributed by atoms with E-state index in [9.17, 15) is 4.79 Å². The van der Waals surface area contributed by atoms with Gasteiger partial charge in [-0.3, -0.25) is 0 Å². The number of thiophene rings is 1. The predicted octanol–water partition coefficient (Wildman–Crippen LogP) is 0.642. The fraction of sp³-hybridized carbons (Fsp3) is 0.125. The lowest BCUT2D eigenvalue weighted by Crippen LogP contribution is -1.98. The second kappa shape index (κ2) is 3.35. The molecule has 0 aromatic carbocycles. The maximum absolute atomic E-state index is 11.2. The molecule has 0 spiro atoms. The van der Waals surface area contributed by atoms with Crippen LogP contribution in [0.5, 0.6) is 0 Å². The molecule has 0 unspecified atom stereocenters. The van der Waals surface area contributed by atoms with E-state index in [2.05, 4.69) is 14.7 Å². The Morgan fingerprint density at radius 2 is 2.20 bits per heavy atom. The molecule has 0 fully saturated rings. The number of fused-ring (bicyclic) bond motifs is 1. The number of nitrogens with zero attached hydrogens (tertiary/aromatic N) is 2. The minimum absolute atomic E-state index is 0.0956. The molecule has 78 valence electrons. The van der Waals surface area contributed by atoms with Gasteiger partial charge in [0.2, 0.25) is 5.95 Å². The molecule has 0 atom stereocenters. The first kappa shape index (κ1) is 9.66. The van der Waals surface area contributed by atoms with Gasteiger partial charge in [0.1, 0.15) is 15.5 Å². The third-order valence-corrected chi connectivity index (χ3v) is 2.84. The molecule has 0 bridgehead atoms. The molecule has 0 saturated heterocycles. The van der Waals surface area contributed by atoms with E-state index in [4.69, 9.17) is 11.5 Å². The molecule has 2 aromatic rings. The molecular weight excluding hydrogens is 216 g/mol. The number of nitrogen functional groups attached to an aromatic ring is 2. The van der Waals surface area contributed by atoms with Crippen LogP contribution in [-0.2, 0) is 4.74 Å². The number of hydrogen-bond donors (Lipinski definition) is 2. The van der Waals surface area contributed by atoms with Gasteiger partial charge in [-0.05, 0) is 6.07 Å². The highest BCUT2D eigenvalue weighted by atomic mass is 32.1. The van der Waals surface area contributed by atoms with Crippen LogP contribution in [0.2, 0.25) is 0 Å². The number of ether oxygens (including phenoxy) is 1. The number of anilines is 2. The molecule has 2 heterocycles. The molecule has 6 nitrogen and oxygen atoms in total. The molecule has 4 N–H and O–H groups in total. The minimum Gasteiger partial charge on any atom is -0.465 e. The molecule has 2 rings (SSSR count). The number of rotatable bonds is 1. The van der Waals surface area contributed by atoms with Crippen molar-refractivity contribution in [2.45, 2.75) is 0 Å². The van der Waals surface area contributed by atoms with E-state index in [1.165, 1.54) is 18.4 Å². The summed E-state index contributed by atoms with van der Waals surface area (Å²) in [6.07, 6.45) is 0. The van der Waals surface area contributed by atoms with Gasteiger partial charge in [-0.1, -0.05) is 0 Å². The van der Waals surface area contributed by atoms with E-state index in [1.54, 1.807) is 6.07 Å². The molecule has 7 heteroatoms. The Kier molecular flexibility index (Phi) is 2.16. The van der Waals surface area contributed by atoms with Crippen LogP contribution in [0, 0.1) is 0 Å². The number of hydrogen-bond acceptors (Lipinski definition) is 7. The van der Waals surface area contributed by atoms with Crippen molar-refractivity contribution >= 4 is 39.3 Å². The summed E-state index contributed by atoms with van der Waals surface area (Å²) in [5.41, 5.74) is 11.1. The van der Waals surface area contributed by atoms with Crippen LogP contribution in [-0.4, -0.2) is 23.0 Å². The van der Waals surface area contributed by atoms with Crippen LogP contribution < -0.4 is 11.5 Å². The lowest BCUT2D eigenvalue weighted by atomic mass is 10.3. The van der Waals surface area contributed by atoms with Gasteiger partial charge in [0.15, 0.2) is 0 Å². The van der Waals surface area contributed by atoms with Crippen molar-refractivity contribution in [2.24, 2.45) is 0 Å². The lowest BCUT2D eigenvalue weighted by molar-refractivity contribution is 0.0606.